The lowest BCUT2D eigenvalue weighted by Gasteiger charge is -2.12. The molecule has 102 valence electrons. The summed E-state index contributed by atoms with van der Waals surface area (Å²) in [6, 6.07) is 10.2. The normalized spacial score (nSPS) is 12.8. The molecule has 0 aliphatic rings. The molecule has 0 saturated heterocycles. The first-order valence-corrected chi connectivity index (χ1v) is 8.33. The molecule has 20 heavy (non-hydrogen) atoms. The molecule has 0 radical (unpaired) electrons. The van der Waals surface area contributed by atoms with E-state index in [9.17, 15) is 9.50 Å². The molecule has 2 aromatic carbocycles. The van der Waals surface area contributed by atoms with Gasteiger partial charge in [0.05, 0.1) is 0 Å². The van der Waals surface area contributed by atoms with Crippen LogP contribution in [0.1, 0.15) is 17.2 Å². The number of fused-ring (bicyclic) bond motifs is 1. The minimum atomic E-state index is -0.858. The number of aliphatic hydroxyl groups excluding tert-OH is 1. The van der Waals surface area contributed by atoms with Gasteiger partial charge in [-0.15, -0.1) is 11.3 Å². The molecule has 1 heterocycles. The van der Waals surface area contributed by atoms with Crippen LogP contribution >= 0.6 is 43.2 Å². The third kappa shape index (κ3) is 2.44. The fourth-order valence-electron chi connectivity index (χ4n) is 2.15. The lowest BCUT2D eigenvalue weighted by atomic mass is 10.0. The molecule has 1 atom stereocenters. The number of aliphatic hydroxyl groups is 1. The molecule has 0 aliphatic heterocycles. The van der Waals surface area contributed by atoms with Crippen molar-refractivity contribution < 1.29 is 9.50 Å². The Balaban J connectivity index is 2.15. The second kappa shape index (κ2) is 5.56. The van der Waals surface area contributed by atoms with E-state index in [1.165, 1.54) is 12.1 Å². The van der Waals surface area contributed by atoms with E-state index >= 15 is 0 Å². The number of halogens is 3. The molecule has 3 rings (SSSR count). The van der Waals surface area contributed by atoms with Gasteiger partial charge in [0.25, 0.3) is 0 Å². The Morgan fingerprint density at radius 3 is 2.65 bits per heavy atom. The fraction of sp³-hybridized carbons (Fsp3) is 0.0667. The van der Waals surface area contributed by atoms with Gasteiger partial charge in [0.2, 0.25) is 0 Å². The topological polar surface area (TPSA) is 20.2 Å². The summed E-state index contributed by atoms with van der Waals surface area (Å²) in [6.45, 7) is 0. The summed E-state index contributed by atoms with van der Waals surface area (Å²) in [5, 5.41) is 13.5. The molecule has 1 N–H and O–H groups in total. The average molecular weight is 416 g/mol. The van der Waals surface area contributed by atoms with Crippen molar-refractivity contribution in [2.24, 2.45) is 0 Å². The van der Waals surface area contributed by atoms with Gasteiger partial charge < -0.3 is 5.11 Å². The van der Waals surface area contributed by atoms with Crippen molar-refractivity contribution in [3.8, 4) is 0 Å². The van der Waals surface area contributed by atoms with E-state index in [0.29, 0.717) is 10.0 Å². The number of hydrogen-bond donors (Lipinski definition) is 1. The molecule has 1 nitrogen and oxygen atoms in total. The van der Waals surface area contributed by atoms with Gasteiger partial charge in [-0.05, 0) is 51.0 Å². The van der Waals surface area contributed by atoms with Gasteiger partial charge in [-0.25, -0.2) is 4.39 Å². The quantitative estimate of drug-likeness (QED) is 0.573. The van der Waals surface area contributed by atoms with Crippen LogP contribution in [0.5, 0.6) is 0 Å². The Morgan fingerprint density at radius 1 is 1.05 bits per heavy atom. The Bertz CT molecular complexity index is 785. The van der Waals surface area contributed by atoms with Crippen molar-refractivity contribution in [1.29, 1.82) is 0 Å². The van der Waals surface area contributed by atoms with Crippen molar-refractivity contribution in [3.05, 3.63) is 67.7 Å². The summed E-state index contributed by atoms with van der Waals surface area (Å²) in [5.41, 5.74) is 1.32. The fourth-order valence-corrected chi connectivity index (χ4v) is 4.25. The van der Waals surface area contributed by atoms with E-state index in [1.54, 1.807) is 17.4 Å². The number of benzene rings is 2. The molecule has 1 aromatic heterocycles. The minimum Gasteiger partial charge on any atom is -0.384 e. The predicted octanol–water partition coefficient (Wildman–Crippen LogP) is 5.65. The van der Waals surface area contributed by atoms with Crippen LogP contribution in [-0.2, 0) is 0 Å². The van der Waals surface area contributed by atoms with Crippen LogP contribution < -0.4 is 0 Å². The molecule has 0 aliphatic carbocycles. The first-order valence-electron chi connectivity index (χ1n) is 5.86. The standard InChI is InChI=1S/C15H9Br2FOS/c16-12-5-4-8(18)6-10(12)14(19)11-7-20-15-9(11)2-1-3-13(15)17/h1-7,14,19H. The van der Waals surface area contributed by atoms with Crippen LogP contribution in [-0.4, -0.2) is 5.11 Å². The largest absolute Gasteiger partial charge is 0.384 e. The van der Waals surface area contributed by atoms with Crippen molar-refractivity contribution in [1.82, 2.24) is 0 Å². The highest BCUT2D eigenvalue weighted by Gasteiger charge is 2.19. The molecule has 1 unspecified atom stereocenters. The Hall–Kier alpha value is -0.750. The zero-order valence-electron chi connectivity index (χ0n) is 10.1. The Morgan fingerprint density at radius 2 is 1.85 bits per heavy atom. The molecular weight excluding hydrogens is 407 g/mol. The van der Waals surface area contributed by atoms with Gasteiger partial charge >= 0.3 is 0 Å². The summed E-state index contributed by atoms with van der Waals surface area (Å²) in [7, 11) is 0. The van der Waals surface area contributed by atoms with Crippen LogP contribution in [0.4, 0.5) is 4.39 Å². The van der Waals surface area contributed by atoms with Crippen LogP contribution in [0.3, 0.4) is 0 Å². The number of thiophene rings is 1. The molecule has 0 fully saturated rings. The van der Waals surface area contributed by atoms with E-state index < -0.39 is 6.10 Å². The molecule has 3 aromatic rings. The van der Waals surface area contributed by atoms with Gasteiger partial charge in [0.15, 0.2) is 0 Å². The van der Waals surface area contributed by atoms with E-state index in [-0.39, 0.29) is 5.82 Å². The predicted molar refractivity (Wildman–Crippen MR) is 87.7 cm³/mol. The average Bonchev–Trinajstić information content (AvgIpc) is 2.86. The second-order valence-electron chi connectivity index (χ2n) is 4.38. The van der Waals surface area contributed by atoms with E-state index in [1.807, 2.05) is 23.6 Å². The maximum atomic E-state index is 13.4. The molecular formula is C15H9Br2FOS. The van der Waals surface area contributed by atoms with Gasteiger partial charge in [-0.2, -0.15) is 0 Å². The number of rotatable bonds is 2. The lowest BCUT2D eigenvalue weighted by Crippen LogP contribution is -2.00. The number of hydrogen-bond acceptors (Lipinski definition) is 2. The minimum absolute atomic E-state index is 0.358. The maximum Gasteiger partial charge on any atom is 0.123 e. The van der Waals surface area contributed by atoms with E-state index in [0.717, 1.165) is 20.1 Å². The molecule has 0 bridgehead atoms. The Labute approximate surface area is 136 Å². The molecule has 0 spiro atoms. The summed E-state index contributed by atoms with van der Waals surface area (Å²) < 4.78 is 16.2. The van der Waals surface area contributed by atoms with Gasteiger partial charge in [0, 0.05) is 24.8 Å². The molecule has 5 heteroatoms. The van der Waals surface area contributed by atoms with Crippen molar-refractivity contribution >= 4 is 53.3 Å². The van der Waals surface area contributed by atoms with Crippen LogP contribution in [0.15, 0.2) is 50.7 Å². The van der Waals surface area contributed by atoms with Crippen LogP contribution in [0.25, 0.3) is 10.1 Å². The van der Waals surface area contributed by atoms with E-state index in [4.69, 9.17) is 0 Å². The SMILES string of the molecule is OC(c1cc(F)ccc1Br)c1csc2c(Br)cccc12. The van der Waals surface area contributed by atoms with Crippen molar-refractivity contribution in [2.45, 2.75) is 6.10 Å². The Kier molecular flexibility index (Phi) is 3.95. The lowest BCUT2D eigenvalue weighted by molar-refractivity contribution is 0.221. The van der Waals surface area contributed by atoms with Crippen molar-refractivity contribution in [3.63, 3.8) is 0 Å². The zero-order chi connectivity index (χ0) is 14.3. The first kappa shape index (κ1) is 14.2. The first-order chi connectivity index (χ1) is 9.58. The van der Waals surface area contributed by atoms with Crippen molar-refractivity contribution in [2.75, 3.05) is 0 Å². The van der Waals surface area contributed by atoms with Crippen LogP contribution in [0, 0.1) is 5.82 Å². The summed E-state index contributed by atoms with van der Waals surface area (Å²) in [4.78, 5) is 0. The summed E-state index contributed by atoms with van der Waals surface area (Å²) in [5.74, 6) is -0.358. The maximum absolute atomic E-state index is 13.4. The van der Waals surface area contributed by atoms with Gasteiger partial charge in [0.1, 0.15) is 11.9 Å². The third-order valence-electron chi connectivity index (χ3n) is 3.13. The third-order valence-corrected chi connectivity index (χ3v) is 5.82. The van der Waals surface area contributed by atoms with Gasteiger partial charge in [-0.3, -0.25) is 0 Å². The van der Waals surface area contributed by atoms with Crippen LogP contribution in [0.2, 0.25) is 0 Å². The molecule has 0 saturated carbocycles. The van der Waals surface area contributed by atoms with E-state index in [2.05, 4.69) is 31.9 Å². The zero-order valence-corrected chi connectivity index (χ0v) is 14.1. The van der Waals surface area contributed by atoms with Gasteiger partial charge in [-0.1, -0.05) is 28.1 Å². The summed E-state index contributed by atoms with van der Waals surface area (Å²) >= 11 is 8.42. The monoisotopic (exact) mass is 414 g/mol. The highest BCUT2D eigenvalue weighted by molar-refractivity contribution is 9.11. The highest BCUT2D eigenvalue weighted by atomic mass is 79.9. The summed E-state index contributed by atoms with van der Waals surface area (Å²) in [6.07, 6.45) is -0.858. The highest BCUT2D eigenvalue weighted by Crippen LogP contribution is 2.38. The smallest absolute Gasteiger partial charge is 0.123 e. The molecule has 0 amide bonds. The second-order valence-corrected chi connectivity index (χ2v) is 6.96.